The molecular formula is C11H11N3O3. The largest absolute Gasteiger partial charge is 0.480 e. The number of nitrogens with two attached hydrogens (primary N) is 1. The molecule has 2 rings (SSSR count). The number of nitrogens with zero attached hydrogens (tertiary/aromatic N) is 2. The fourth-order valence-electron chi connectivity index (χ4n) is 1.79. The SMILES string of the molecule is N[C@@H](Cc1cn(N=O)c2ccccc12)C(=O)O. The topological polar surface area (TPSA) is 97.7 Å². The van der Waals surface area contributed by atoms with Gasteiger partial charge in [0.2, 0.25) is 0 Å². The second kappa shape index (κ2) is 4.34. The molecule has 2 aromatic rings. The van der Waals surface area contributed by atoms with Crippen LogP contribution in [0.5, 0.6) is 0 Å². The first-order chi connectivity index (χ1) is 8.13. The molecule has 1 heterocycles. The molecule has 0 aliphatic rings. The minimum atomic E-state index is -1.07. The summed E-state index contributed by atoms with van der Waals surface area (Å²) in [6.45, 7) is 0. The number of aliphatic carboxylic acids is 1. The van der Waals surface area contributed by atoms with Crippen molar-refractivity contribution in [1.29, 1.82) is 0 Å². The minimum Gasteiger partial charge on any atom is -0.480 e. The number of carboxylic acids is 1. The number of fused-ring (bicyclic) bond motifs is 1. The molecule has 0 fully saturated rings. The highest BCUT2D eigenvalue weighted by atomic mass is 16.4. The Labute approximate surface area is 96.6 Å². The van der Waals surface area contributed by atoms with E-state index in [0.717, 1.165) is 5.39 Å². The molecule has 0 aliphatic carbocycles. The van der Waals surface area contributed by atoms with Crippen LogP contribution in [0.25, 0.3) is 10.9 Å². The van der Waals surface area contributed by atoms with Gasteiger partial charge in [0, 0.05) is 18.0 Å². The molecule has 0 bridgehead atoms. The van der Waals surface area contributed by atoms with Crippen molar-refractivity contribution in [2.45, 2.75) is 12.5 Å². The molecule has 1 aromatic carbocycles. The number of nitroso groups, excluding NO2 is 1. The van der Waals surface area contributed by atoms with Gasteiger partial charge in [-0.3, -0.25) is 4.79 Å². The van der Waals surface area contributed by atoms with Crippen LogP contribution in [-0.2, 0) is 11.2 Å². The Morgan fingerprint density at radius 3 is 2.82 bits per heavy atom. The first-order valence-electron chi connectivity index (χ1n) is 5.04. The van der Waals surface area contributed by atoms with E-state index in [9.17, 15) is 9.70 Å². The molecule has 17 heavy (non-hydrogen) atoms. The zero-order valence-corrected chi connectivity index (χ0v) is 8.91. The third-order valence-electron chi connectivity index (χ3n) is 2.62. The van der Waals surface area contributed by atoms with Gasteiger partial charge in [0.1, 0.15) is 6.04 Å². The summed E-state index contributed by atoms with van der Waals surface area (Å²) in [6, 6.07) is 6.16. The normalized spacial score (nSPS) is 12.5. The fraction of sp³-hybridized carbons (Fsp3) is 0.182. The number of carbonyl (C=O) groups is 1. The van der Waals surface area contributed by atoms with E-state index >= 15 is 0 Å². The van der Waals surface area contributed by atoms with Gasteiger partial charge in [-0.1, -0.05) is 18.2 Å². The van der Waals surface area contributed by atoms with E-state index in [-0.39, 0.29) is 6.42 Å². The third kappa shape index (κ3) is 2.02. The van der Waals surface area contributed by atoms with Crippen molar-refractivity contribution in [3.05, 3.63) is 40.9 Å². The van der Waals surface area contributed by atoms with Crippen LogP contribution in [0.3, 0.4) is 0 Å². The van der Waals surface area contributed by atoms with E-state index in [1.54, 1.807) is 18.2 Å². The Morgan fingerprint density at radius 1 is 1.47 bits per heavy atom. The van der Waals surface area contributed by atoms with Crippen molar-refractivity contribution in [3.8, 4) is 0 Å². The molecule has 0 spiro atoms. The Balaban J connectivity index is 2.47. The van der Waals surface area contributed by atoms with E-state index in [4.69, 9.17) is 10.8 Å². The molecule has 0 unspecified atom stereocenters. The highest BCUT2D eigenvalue weighted by molar-refractivity contribution is 5.85. The summed E-state index contributed by atoms with van der Waals surface area (Å²) in [5.41, 5.74) is 6.82. The van der Waals surface area contributed by atoms with E-state index in [0.29, 0.717) is 11.1 Å². The van der Waals surface area contributed by atoms with Gasteiger partial charge in [-0.2, -0.15) is 0 Å². The Kier molecular flexibility index (Phi) is 2.88. The number of carboxylic acid groups (broad SMARTS) is 1. The molecule has 1 atom stereocenters. The van der Waals surface area contributed by atoms with Crippen LogP contribution in [0.2, 0.25) is 0 Å². The molecule has 0 amide bonds. The maximum absolute atomic E-state index is 10.7. The standard InChI is InChI=1S/C11H11N3O3/c12-9(11(15)16)5-7-6-14(13-17)10-4-2-1-3-8(7)10/h1-4,6,9H,5,12H2,(H,15,16)/t9-/m0/s1. The van der Waals surface area contributed by atoms with Crippen LogP contribution in [0.15, 0.2) is 35.7 Å². The summed E-state index contributed by atoms with van der Waals surface area (Å²) < 4.78 is 1.18. The maximum Gasteiger partial charge on any atom is 0.320 e. The van der Waals surface area contributed by atoms with Crippen LogP contribution in [0.1, 0.15) is 5.56 Å². The lowest BCUT2D eigenvalue weighted by atomic mass is 10.1. The first kappa shape index (κ1) is 11.3. The summed E-state index contributed by atoms with van der Waals surface area (Å²) in [4.78, 5) is 21.3. The van der Waals surface area contributed by atoms with Crippen molar-refractivity contribution in [2.24, 2.45) is 11.0 Å². The Hall–Kier alpha value is -2.21. The Morgan fingerprint density at radius 2 is 2.18 bits per heavy atom. The molecule has 0 aliphatic heterocycles. The summed E-state index contributed by atoms with van der Waals surface area (Å²) in [6.07, 6.45) is 1.68. The number of benzene rings is 1. The molecule has 0 saturated heterocycles. The second-order valence-corrected chi connectivity index (χ2v) is 3.75. The number of para-hydroxylation sites is 1. The van der Waals surface area contributed by atoms with E-state index in [1.807, 2.05) is 6.07 Å². The van der Waals surface area contributed by atoms with Gasteiger partial charge >= 0.3 is 5.97 Å². The zero-order chi connectivity index (χ0) is 12.4. The highest BCUT2D eigenvalue weighted by Gasteiger charge is 2.16. The van der Waals surface area contributed by atoms with Crippen molar-refractivity contribution in [3.63, 3.8) is 0 Å². The van der Waals surface area contributed by atoms with Crippen LogP contribution in [0.4, 0.5) is 0 Å². The molecule has 0 radical (unpaired) electrons. The molecule has 6 heteroatoms. The van der Waals surface area contributed by atoms with Crippen molar-refractivity contribution in [2.75, 3.05) is 0 Å². The highest BCUT2D eigenvalue weighted by Crippen LogP contribution is 2.22. The summed E-state index contributed by atoms with van der Waals surface area (Å²) in [5.74, 6) is -1.07. The van der Waals surface area contributed by atoms with Crippen molar-refractivity contribution in [1.82, 2.24) is 4.68 Å². The lowest BCUT2D eigenvalue weighted by molar-refractivity contribution is -0.138. The second-order valence-electron chi connectivity index (χ2n) is 3.75. The maximum atomic E-state index is 10.7. The smallest absolute Gasteiger partial charge is 0.320 e. The van der Waals surface area contributed by atoms with E-state index in [2.05, 4.69) is 5.29 Å². The summed E-state index contributed by atoms with van der Waals surface area (Å²) in [5, 5.41) is 12.4. The number of hydrogen-bond donors (Lipinski definition) is 2. The van der Waals surface area contributed by atoms with Gasteiger partial charge < -0.3 is 10.8 Å². The number of aromatic nitrogens is 1. The third-order valence-corrected chi connectivity index (χ3v) is 2.62. The lowest BCUT2D eigenvalue weighted by Crippen LogP contribution is -2.32. The predicted octanol–water partition coefficient (Wildman–Crippen LogP) is 1.13. The van der Waals surface area contributed by atoms with Crippen LogP contribution in [0, 0.1) is 4.91 Å². The van der Waals surface area contributed by atoms with Gasteiger partial charge in [-0.25, -0.2) is 4.68 Å². The molecule has 6 nitrogen and oxygen atoms in total. The average Bonchev–Trinajstić information content (AvgIpc) is 2.68. The predicted molar refractivity (Wildman–Crippen MR) is 62.4 cm³/mol. The number of rotatable bonds is 4. The molecule has 88 valence electrons. The molecule has 3 N–H and O–H groups in total. The molecule has 1 aromatic heterocycles. The Bertz CT molecular complexity index is 576. The quantitative estimate of drug-likeness (QED) is 0.773. The first-order valence-corrected chi connectivity index (χ1v) is 5.04. The van der Waals surface area contributed by atoms with Crippen LogP contribution in [-0.4, -0.2) is 21.8 Å². The zero-order valence-electron chi connectivity index (χ0n) is 8.91. The van der Waals surface area contributed by atoms with Gasteiger partial charge in [0.05, 0.1) is 10.8 Å². The van der Waals surface area contributed by atoms with Crippen molar-refractivity contribution >= 4 is 16.9 Å². The van der Waals surface area contributed by atoms with Gasteiger partial charge in [0.25, 0.3) is 0 Å². The van der Waals surface area contributed by atoms with Gasteiger partial charge in [-0.05, 0) is 11.6 Å². The number of hydrogen-bond acceptors (Lipinski definition) is 4. The van der Waals surface area contributed by atoms with Crippen LogP contribution >= 0.6 is 0 Å². The summed E-state index contributed by atoms with van der Waals surface area (Å²) in [7, 11) is 0. The van der Waals surface area contributed by atoms with Gasteiger partial charge in [0.15, 0.2) is 0 Å². The summed E-state index contributed by atoms with van der Waals surface area (Å²) >= 11 is 0. The van der Waals surface area contributed by atoms with Gasteiger partial charge in [-0.15, -0.1) is 4.91 Å². The monoisotopic (exact) mass is 233 g/mol. The van der Waals surface area contributed by atoms with Crippen molar-refractivity contribution < 1.29 is 9.90 Å². The minimum absolute atomic E-state index is 0.165. The lowest BCUT2D eigenvalue weighted by Gasteiger charge is -2.04. The fourth-order valence-corrected chi connectivity index (χ4v) is 1.79. The van der Waals surface area contributed by atoms with Crippen LogP contribution < -0.4 is 5.73 Å². The van der Waals surface area contributed by atoms with E-state index < -0.39 is 12.0 Å². The molecular weight excluding hydrogens is 222 g/mol. The van der Waals surface area contributed by atoms with E-state index in [1.165, 1.54) is 10.9 Å². The molecule has 0 saturated carbocycles. The average molecular weight is 233 g/mol.